The summed E-state index contributed by atoms with van der Waals surface area (Å²) in [4.78, 5) is 7.87. The Labute approximate surface area is 88.9 Å². The van der Waals surface area contributed by atoms with Gasteiger partial charge in [-0.3, -0.25) is 0 Å². The summed E-state index contributed by atoms with van der Waals surface area (Å²) in [6, 6.07) is 0.818. The zero-order chi connectivity index (χ0) is 10.1. The van der Waals surface area contributed by atoms with Crippen LogP contribution in [0.15, 0.2) is 6.20 Å². The second-order valence-electron chi connectivity index (χ2n) is 4.03. The summed E-state index contributed by atoms with van der Waals surface area (Å²) >= 11 is 1.72. The Morgan fingerprint density at radius 1 is 1.64 bits per heavy atom. The zero-order valence-electron chi connectivity index (χ0n) is 8.73. The molecular formula is C10H17N3S. The number of thiazole rings is 1. The van der Waals surface area contributed by atoms with E-state index in [1.807, 2.05) is 13.1 Å². The standard InChI is InChI=1S/C10H17N3S/c1-7(11)9-6-12-10(14-9)13(2)8-4-3-5-8/h6-8H,3-5,11H2,1-2H3. The maximum Gasteiger partial charge on any atom is 0.185 e. The van der Waals surface area contributed by atoms with Crippen molar-refractivity contribution in [2.45, 2.75) is 38.3 Å². The van der Waals surface area contributed by atoms with E-state index in [0.29, 0.717) is 6.04 Å². The third-order valence-corrected chi connectivity index (χ3v) is 4.17. The third kappa shape index (κ3) is 1.77. The van der Waals surface area contributed by atoms with E-state index in [1.54, 1.807) is 11.3 Å². The number of hydrogen-bond donors (Lipinski definition) is 1. The first-order valence-electron chi connectivity index (χ1n) is 5.12. The molecule has 0 spiro atoms. The van der Waals surface area contributed by atoms with Crippen molar-refractivity contribution < 1.29 is 0 Å². The van der Waals surface area contributed by atoms with Crippen LogP contribution in [0.25, 0.3) is 0 Å². The van der Waals surface area contributed by atoms with Crippen molar-refractivity contribution in [1.29, 1.82) is 0 Å². The number of hydrogen-bond acceptors (Lipinski definition) is 4. The molecule has 1 saturated carbocycles. The number of nitrogens with two attached hydrogens (primary N) is 1. The Bertz CT molecular complexity index is 304. The van der Waals surface area contributed by atoms with Gasteiger partial charge in [0.05, 0.1) is 0 Å². The third-order valence-electron chi connectivity index (χ3n) is 2.88. The lowest BCUT2D eigenvalue weighted by atomic mass is 9.92. The SMILES string of the molecule is CC(N)c1cnc(N(C)C2CCC2)s1. The summed E-state index contributed by atoms with van der Waals surface area (Å²) in [6.45, 7) is 2.00. The second-order valence-corrected chi connectivity index (χ2v) is 5.07. The highest BCUT2D eigenvalue weighted by atomic mass is 32.1. The lowest BCUT2D eigenvalue weighted by Gasteiger charge is -2.34. The van der Waals surface area contributed by atoms with Crippen molar-refractivity contribution in [3.8, 4) is 0 Å². The monoisotopic (exact) mass is 211 g/mol. The minimum Gasteiger partial charge on any atom is -0.348 e. The fourth-order valence-electron chi connectivity index (χ4n) is 1.58. The maximum atomic E-state index is 5.80. The van der Waals surface area contributed by atoms with Crippen molar-refractivity contribution in [2.75, 3.05) is 11.9 Å². The maximum absolute atomic E-state index is 5.80. The van der Waals surface area contributed by atoms with Crippen LogP contribution in [-0.4, -0.2) is 18.1 Å². The Morgan fingerprint density at radius 2 is 2.36 bits per heavy atom. The van der Waals surface area contributed by atoms with Gasteiger partial charge < -0.3 is 10.6 Å². The first-order chi connectivity index (χ1) is 6.68. The molecule has 1 aromatic rings. The molecule has 1 aliphatic carbocycles. The van der Waals surface area contributed by atoms with Gasteiger partial charge in [-0.25, -0.2) is 4.98 Å². The predicted molar refractivity (Wildman–Crippen MR) is 60.8 cm³/mol. The molecule has 1 unspecified atom stereocenters. The van der Waals surface area contributed by atoms with Crippen molar-refractivity contribution in [3.05, 3.63) is 11.1 Å². The van der Waals surface area contributed by atoms with Crippen LogP contribution in [0.5, 0.6) is 0 Å². The molecule has 0 radical (unpaired) electrons. The van der Waals surface area contributed by atoms with Gasteiger partial charge in [-0.1, -0.05) is 0 Å². The first-order valence-corrected chi connectivity index (χ1v) is 5.94. The van der Waals surface area contributed by atoms with Crippen LogP contribution >= 0.6 is 11.3 Å². The number of anilines is 1. The van der Waals surface area contributed by atoms with Crippen molar-refractivity contribution in [1.82, 2.24) is 4.98 Å². The van der Waals surface area contributed by atoms with E-state index in [0.717, 1.165) is 5.13 Å². The van der Waals surface area contributed by atoms with Gasteiger partial charge >= 0.3 is 0 Å². The van der Waals surface area contributed by atoms with Crippen LogP contribution in [0.3, 0.4) is 0 Å². The first kappa shape index (κ1) is 9.93. The van der Waals surface area contributed by atoms with Gasteiger partial charge in [-0.05, 0) is 26.2 Å². The molecule has 4 heteroatoms. The fourth-order valence-corrected chi connectivity index (χ4v) is 2.48. The lowest BCUT2D eigenvalue weighted by Crippen LogP contribution is -2.36. The average molecular weight is 211 g/mol. The molecule has 0 amide bonds. The minimum atomic E-state index is 0.107. The highest BCUT2D eigenvalue weighted by Crippen LogP contribution is 2.32. The normalized spacial score (nSPS) is 19.1. The molecular weight excluding hydrogens is 194 g/mol. The minimum absolute atomic E-state index is 0.107. The van der Waals surface area contributed by atoms with Gasteiger partial charge in [-0.15, -0.1) is 11.3 Å². The Morgan fingerprint density at radius 3 is 2.79 bits per heavy atom. The number of rotatable bonds is 3. The molecule has 0 aromatic carbocycles. The number of aromatic nitrogens is 1. The smallest absolute Gasteiger partial charge is 0.185 e. The summed E-state index contributed by atoms with van der Waals surface area (Å²) < 4.78 is 0. The highest BCUT2D eigenvalue weighted by molar-refractivity contribution is 7.15. The van der Waals surface area contributed by atoms with Crippen LogP contribution < -0.4 is 10.6 Å². The molecule has 1 aliphatic rings. The van der Waals surface area contributed by atoms with Crippen LogP contribution in [0.2, 0.25) is 0 Å². The molecule has 1 fully saturated rings. The van der Waals surface area contributed by atoms with E-state index >= 15 is 0 Å². The summed E-state index contributed by atoms with van der Waals surface area (Å²) in [5, 5.41) is 1.11. The zero-order valence-corrected chi connectivity index (χ0v) is 9.55. The lowest BCUT2D eigenvalue weighted by molar-refractivity contribution is 0.401. The van der Waals surface area contributed by atoms with E-state index < -0.39 is 0 Å². The van der Waals surface area contributed by atoms with E-state index in [2.05, 4.69) is 16.9 Å². The van der Waals surface area contributed by atoms with Crippen molar-refractivity contribution in [3.63, 3.8) is 0 Å². The topological polar surface area (TPSA) is 42.1 Å². The fraction of sp³-hybridized carbons (Fsp3) is 0.700. The number of nitrogens with zero attached hydrogens (tertiary/aromatic N) is 2. The molecule has 2 rings (SSSR count). The van der Waals surface area contributed by atoms with Gasteiger partial charge in [0.1, 0.15) is 0 Å². The molecule has 1 heterocycles. The largest absolute Gasteiger partial charge is 0.348 e. The van der Waals surface area contributed by atoms with Gasteiger partial charge in [0.25, 0.3) is 0 Å². The van der Waals surface area contributed by atoms with Crippen LogP contribution in [0, 0.1) is 0 Å². The van der Waals surface area contributed by atoms with Crippen LogP contribution in [0.1, 0.15) is 37.1 Å². The summed E-state index contributed by atoms with van der Waals surface area (Å²) in [5.41, 5.74) is 5.80. The Balaban J connectivity index is 2.07. The summed E-state index contributed by atoms with van der Waals surface area (Å²) in [7, 11) is 2.13. The van der Waals surface area contributed by atoms with Crippen LogP contribution in [-0.2, 0) is 0 Å². The highest BCUT2D eigenvalue weighted by Gasteiger charge is 2.24. The molecule has 3 nitrogen and oxygen atoms in total. The van der Waals surface area contributed by atoms with Gasteiger partial charge in [0.2, 0.25) is 0 Å². The second kappa shape index (κ2) is 3.87. The van der Waals surface area contributed by atoms with Crippen LogP contribution in [0.4, 0.5) is 5.13 Å². The van der Waals surface area contributed by atoms with Gasteiger partial charge in [-0.2, -0.15) is 0 Å². The van der Waals surface area contributed by atoms with E-state index in [9.17, 15) is 0 Å². The molecule has 0 saturated heterocycles. The van der Waals surface area contributed by atoms with E-state index in [-0.39, 0.29) is 6.04 Å². The predicted octanol–water partition coefficient (Wildman–Crippen LogP) is 2.15. The van der Waals surface area contributed by atoms with E-state index in [1.165, 1.54) is 24.1 Å². The Hall–Kier alpha value is -0.610. The molecule has 1 aromatic heterocycles. The molecule has 1 atom stereocenters. The van der Waals surface area contributed by atoms with Crippen molar-refractivity contribution >= 4 is 16.5 Å². The molecule has 14 heavy (non-hydrogen) atoms. The van der Waals surface area contributed by atoms with Gasteiger partial charge in [0, 0.05) is 30.2 Å². The molecule has 0 aliphatic heterocycles. The Kier molecular flexibility index (Phi) is 2.74. The van der Waals surface area contributed by atoms with E-state index in [4.69, 9.17) is 5.73 Å². The van der Waals surface area contributed by atoms with Gasteiger partial charge in [0.15, 0.2) is 5.13 Å². The molecule has 0 bridgehead atoms. The summed E-state index contributed by atoms with van der Waals surface area (Å²) in [5.74, 6) is 0. The van der Waals surface area contributed by atoms with Crippen molar-refractivity contribution in [2.24, 2.45) is 5.73 Å². The quantitative estimate of drug-likeness (QED) is 0.833. The average Bonchev–Trinajstić information content (AvgIpc) is 2.48. The molecule has 78 valence electrons. The molecule has 2 N–H and O–H groups in total. The summed E-state index contributed by atoms with van der Waals surface area (Å²) in [6.07, 6.45) is 5.88.